The molecule has 166 valence electrons. The van der Waals surface area contributed by atoms with Crippen LogP contribution in [0, 0.1) is 0 Å². The fraction of sp³-hybridized carbons (Fsp3) is 0.880. The van der Waals surface area contributed by atoms with E-state index in [1.54, 1.807) is 0 Å². The Kier molecular flexibility index (Phi) is 18.9. The Labute approximate surface area is 176 Å². The number of hydrogen-bond acceptors (Lipinski definition) is 2. The van der Waals surface area contributed by atoms with Crippen molar-refractivity contribution in [2.24, 2.45) is 5.73 Å². The zero-order chi connectivity index (χ0) is 21.0. The maximum Gasteiger partial charge on any atom is 0.244 e. The maximum absolute atomic E-state index is 11.5. The van der Waals surface area contributed by atoms with E-state index < -0.39 is 0 Å². The lowest BCUT2D eigenvalue weighted by molar-refractivity contribution is -0.114. The summed E-state index contributed by atoms with van der Waals surface area (Å²) in [7, 11) is 4.19. The van der Waals surface area contributed by atoms with Gasteiger partial charge >= 0.3 is 0 Å². The number of carbonyl (C=O) groups excluding carboxylic acids is 1. The van der Waals surface area contributed by atoms with Crippen LogP contribution in [0.15, 0.2) is 11.1 Å². The van der Waals surface area contributed by atoms with E-state index in [4.69, 9.17) is 5.73 Å². The van der Waals surface area contributed by atoms with E-state index in [-0.39, 0.29) is 5.91 Å². The third kappa shape index (κ3) is 17.3. The molecule has 0 unspecified atom stereocenters. The molecule has 0 heterocycles. The minimum absolute atomic E-state index is 0.245. The van der Waals surface area contributed by atoms with E-state index in [1.807, 2.05) is 6.92 Å². The van der Waals surface area contributed by atoms with Crippen LogP contribution in [0.4, 0.5) is 0 Å². The summed E-state index contributed by atoms with van der Waals surface area (Å²) in [5.41, 5.74) is 7.60. The van der Waals surface area contributed by atoms with Crippen molar-refractivity contribution in [1.29, 1.82) is 0 Å². The van der Waals surface area contributed by atoms with Crippen LogP contribution >= 0.6 is 0 Å². The third-order valence-electron chi connectivity index (χ3n) is 5.82. The highest BCUT2D eigenvalue weighted by Gasteiger charge is 2.08. The Morgan fingerprint density at radius 2 is 1.07 bits per heavy atom. The predicted octanol–water partition coefficient (Wildman–Crippen LogP) is 7.00. The summed E-state index contributed by atoms with van der Waals surface area (Å²) in [5, 5.41) is 0. The number of hydrogen-bond donors (Lipinski definition) is 1. The number of primary amides is 1. The molecule has 0 bridgehead atoms. The number of amides is 1. The first-order valence-corrected chi connectivity index (χ1v) is 12.1. The van der Waals surface area contributed by atoms with Gasteiger partial charge in [0.25, 0.3) is 0 Å². The second kappa shape index (κ2) is 19.5. The van der Waals surface area contributed by atoms with Crippen molar-refractivity contribution in [2.75, 3.05) is 20.6 Å². The molecule has 0 aromatic heterocycles. The van der Waals surface area contributed by atoms with Gasteiger partial charge in [0, 0.05) is 5.57 Å². The van der Waals surface area contributed by atoms with E-state index >= 15 is 0 Å². The minimum atomic E-state index is -0.245. The number of carbonyl (C=O) groups is 1. The molecule has 0 aromatic rings. The first-order chi connectivity index (χ1) is 13.5. The predicted molar refractivity (Wildman–Crippen MR) is 125 cm³/mol. The molecule has 0 rings (SSSR count). The summed E-state index contributed by atoms with van der Waals surface area (Å²) in [5.74, 6) is -0.245. The molecule has 3 nitrogen and oxygen atoms in total. The fourth-order valence-corrected chi connectivity index (χ4v) is 3.82. The van der Waals surface area contributed by atoms with Gasteiger partial charge < -0.3 is 10.6 Å². The molecule has 0 aromatic carbocycles. The number of rotatable bonds is 20. The van der Waals surface area contributed by atoms with E-state index in [9.17, 15) is 4.79 Å². The van der Waals surface area contributed by atoms with Crippen molar-refractivity contribution in [3.63, 3.8) is 0 Å². The molecule has 0 aliphatic carbocycles. The van der Waals surface area contributed by atoms with Crippen molar-refractivity contribution < 1.29 is 4.79 Å². The van der Waals surface area contributed by atoms with E-state index in [1.165, 1.54) is 95.5 Å². The van der Waals surface area contributed by atoms with Crippen LogP contribution in [0.5, 0.6) is 0 Å². The van der Waals surface area contributed by atoms with Gasteiger partial charge in [0.2, 0.25) is 5.91 Å². The zero-order valence-electron chi connectivity index (χ0n) is 19.7. The summed E-state index contributed by atoms with van der Waals surface area (Å²) < 4.78 is 0. The molecular formula is C25H50N2O. The normalized spacial score (nSPS) is 12.5. The van der Waals surface area contributed by atoms with Gasteiger partial charge in [-0.05, 0) is 53.2 Å². The van der Waals surface area contributed by atoms with Crippen molar-refractivity contribution >= 4 is 5.91 Å². The Morgan fingerprint density at radius 1 is 0.679 bits per heavy atom. The van der Waals surface area contributed by atoms with Crippen LogP contribution in [-0.4, -0.2) is 31.4 Å². The molecule has 3 heteroatoms. The summed E-state index contributed by atoms with van der Waals surface area (Å²) in [4.78, 5) is 13.7. The molecule has 28 heavy (non-hydrogen) atoms. The van der Waals surface area contributed by atoms with Crippen molar-refractivity contribution in [3.8, 4) is 0 Å². The summed E-state index contributed by atoms with van der Waals surface area (Å²) in [6, 6.07) is 0. The third-order valence-corrected chi connectivity index (χ3v) is 5.82. The van der Waals surface area contributed by atoms with Crippen molar-refractivity contribution in [3.05, 3.63) is 11.1 Å². The van der Waals surface area contributed by atoms with Crippen LogP contribution in [0.25, 0.3) is 0 Å². The van der Waals surface area contributed by atoms with E-state index in [2.05, 4.69) is 25.9 Å². The van der Waals surface area contributed by atoms with E-state index in [0.29, 0.717) is 0 Å². The number of allylic oxidation sites excluding steroid dienone is 1. The highest BCUT2D eigenvalue weighted by Crippen LogP contribution is 2.20. The van der Waals surface area contributed by atoms with Crippen molar-refractivity contribution in [1.82, 2.24) is 4.90 Å². The molecule has 2 N–H and O–H groups in total. The number of nitrogens with zero attached hydrogens (tertiary/aromatic N) is 1. The Hall–Kier alpha value is -0.830. The molecule has 0 spiro atoms. The van der Waals surface area contributed by atoms with Gasteiger partial charge in [0.05, 0.1) is 0 Å². The van der Waals surface area contributed by atoms with E-state index in [0.717, 1.165) is 31.4 Å². The topological polar surface area (TPSA) is 46.3 Å². The van der Waals surface area contributed by atoms with Gasteiger partial charge in [0.15, 0.2) is 0 Å². The van der Waals surface area contributed by atoms with Gasteiger partial charge in [0.1, 0.15) is 0 Å². The Bertz CT molecular complexity index is 401. The summed E-state index contributed by atoms with van der Waals surface area (Å²) >= 11 is 0. The largest absolute Gasteiger partial charge is 0.366 e. The molecule has 1 amide bonds. The quantitative estimate of drug-likeness (QED) is 0.178. The Morgan fingerprint density at radius 3 is 1.46 bits per heavy atom. The maximum atomic E-state index is 11.5. The molecule has 0 aliphatic rings. The molecule has 0 saturated heterocycles. The monoisotopic (exact) mass is 394 g/mol. The van der Waals surface area contributed by atoms with Crippen LogP contribution < -0.4 is 5.73 Å². The molecule has 0 radical (unpaired) electrons. The molecular weight excluding hydrogens is 344 g/mol. The standard InChI is InChI=1S/C25H50N2O/c1-5-6-7-8-9-10-11-12-13-14-15-16-17-18-20-24(23(2)25(26)28)21-19-22-27(3)4/h5-22H2,1-4H3,(H2,26,28). The van der Waals surface area contributed by atoms with Gasteiger partial charge in [-0.1, -0.05) is 96.0 Å². The average molecular weight is 395 g/mol. The van der Waals surface area contributed by atoms with Gasteiger partial charge in [-0.15, -0.1) is 0 Å². The molecule has 0 fully saturated rings. The number of unbranched alkanes of at least 4 members (excludes halogenated alkanes) is 13. The first kappa shape index (κ1) is 27.2. The van der Waals surface area contributed by atoms with Crippen LogP contribution in [0.2, 0.25) is 0 Å². The van der Waals surface area contributed by atoms with Crippen molar-refractivity contribution in [2.45, 2.75) is 123 Å². The fourth-order valence-electron chi connectivity index (χ4n) is 3.82. The SMILES string of the molecule is CCCCCCCCCCCCCCCCC(CCCN(C)C)=C(C)C(N)=O. The highest BCUT2D eigenvalue weighted by molar-refractivity contribution is 5.92. The number of nitrogens with two attached hydrogens (primary N) is 1. The molecule has 0 saturated carbocycles. The molecule has 0 aliphatic heterocycles. The van der Waals surface area contributed by atoms with Gasteiger partial charge in [-0.3, -0.25) is 4.79 Å². The second-order valence-corrected chi connectivity index (χ2v) is 8.85. The lowest BCUT2D eigenvalue weighted by atomic mass is 9.96. The molecule has 0 atom stereocenters. The summed E-state index contributed by atoms with van der Waals surface area (Å²) in [6.45, 7) is 5.25. The first-order valence-electron chi connectivity index (χ1n) is 12.1. The second-order valence-electron chi connectivity index (χ2n) is 8.85. The minimum Gasteiger partial charge on any atom is -0.366 e. The zero-order valence-corrected chi connectivity index (χ0v) is 19.7. The lowest BCUT2D eigenvalue weighted by Gasteiger charge is -2.13. The smallest absolute Gasteiger partial charge is 0.244 e. The van der Waals surface area contributed by atoms with Crippen LogP contribution in [-0.2, 0) is 4.79 Å². The van der Waals surface area contributed by atoms with Crippen LogP contribution in [0.1, 0.15) is 123 Å². The van der Waals surface area contributed by atoms with Gasteiger partial charge in [-0.2, -0.15) is 0 Å². The average Bonchev–Trinajstić information content (AvgIpc) is 2.65. The van der Waals surface area contributed by atoms with Crippen LogP contribution in [0.3, 0.4) is 0 Å². The summed E-state index contributed by atoms with van der Waals surface area (Å²) in [6.07, 6.45) is 22.5. The lowest BCUT2D eigenvalue weighted by Crippen LogP contribution is -2.16. The Balaban J connectivity index is 3.67. The highest BCUT2D eigenvalue weighted by atomic mass is 16.1. The van der Waals surface area contributed by atoms with Gasteiger partial charge in [-0.25, -0.2) is 0 Å².